The van der Waals surface area contributed by atoms with Crippen LogP contribution in [0.1, 0.15) is 25.8 Å². The number of halogens is 1. The first-order chi connectivity index (χ1) is 10.5. The van der Waals surface area contributed by atoms with Crippen LogP contribution in [0.4, 0.5) is 0 Å². The van der Waals surface area contributed by atoms with Crippen LogP contribution in [0.2, 0.25) is 5.15 Å². The summed E-state index contributed by atoms with van der Waals surface area (Å²) in [5.41, 5.74) is 1.99. The lowest BCUT2D eigenvalue weighted by Gasteiger charge is -2.35. The predicted molar refractivity (Wildman–Crippen MR) is 91.5 cm³/mol. The summed E-state index contributed by atoms with van der Waals surface area (Å²) >= 11 is 6.41. The standard InChI is InChI=1S/C18H23ClN2O/c1-12-6-13(2)10-21(9-12)11-15-7-14-4-5-16(22-3)8-17(14)20-18(15)19/h4-5,7-8,12-13H,6,9-11H2,1-3H3. The molecule has 2 heterocycles. The number of rotatable bonds is 3. The summed E-state index contributed by atoms with van der Waals surface area (Å²) in [6.45, 7) is 7.81. The Balaban J connectivity index is 1.86. The minimum Gasteiger partial charge on any atom is -0.497 e. The van der Waals surface area contributed by atoms with Crippen LogP contribution >= 0.6 is 11.6 Å². The van der Waals surface area contributed by atoms with Crippen LogP contribution in [-0.4, -0.2) is 30.1 Å². The van der Waals surface area contributed by atoms with Crippen molar-refractivity contribution in [3.05, 3.63) is 35.0 Å². The minimum atomic E-state index is 0.603. The molecule has 0 aliphatic carbocycles. The quantitative estimate of drug-likeness (QED) is 0.786. The van der Waals surface area contributed by atoms with Crippen LogP contribution in [0.15, 0.2) is 24.3 Å². The van der Waals surface area contributed by atoms with E-state index in [9.17, 15) is 0 Å². The topological polar surface area (TPSA) is 25.4 Å². The molecular weight excluding hydrogens is 296 g/mol. The van der Waals surface area contributed by atoms with Crippen LogP contribution < -0.4 is 4.74 Å². The molecule has 2 aromatic rings. The van der Waals surface area contributed by atoms with E-state index in [-0.39, 0.29) is 0 Å². The predicted octanol–water partition coefficient (Wildman–Crippen LogP) is 4.37. The van der Waals surface area contributed by atoms with Crippen LogP contribution in [0.25, 0.3) is 10.9 Å². The van der Waals surface area contributed by atoms with Crippen LogP contribution in [0.5, 0.6) is 5.75 Å². The van der Waals surface area contributed by atoms with Gasteiger partial charge in [0.1, 0.15) is 10.9 Å². The van der Waals surface area contributed by atoms with Crippen molar-refractivity contribution in [3.63, 3.8) is 0 Å². The molecule has 1 saturated heterocycles. The van der Waals surface area contributed by atoms with Gasteiger partial charge in [-0.15, -0.1) is 0 Å². The van der Waals surface area contributed by atoms with E-state index in [2.05, 4.69) is 29.8 Å². The van der Waals surface area contributed by atoms with Gasteiger partial charge in [0, 0.05) is 36.7 Å². The van der Waals surface area contributed by atoms with E-state index in [0.717, 1.165) is 53.7 Å². The van der Waals surface area contributed by atoms with E-state index in [4.69, 9.17) is 16.3 Å². The van der Waals surface area contributed by atoms with Gasteiger partial charge in [0.15, 0.2) is 0 Å². The Hall–Kier alpha value is -1.32. The van der Waals surface area contributed by atoms with E-state index in [1.54, 1.807) is 7.11 Å². The van der Waals surface area contributed by atoms with Gasteiger partial charge in [-0.25, -0.2) is 4.98 Å². The van der Waals surface area contributed by atoms with Crippen LogP contribution in [0, 0.1) is 11.8 Å². The number of pyridine rings is 1. The van der Waals surface area contributed by atoms with Gasteiger partial charge >= 0.3 is 0 Å². The summed E-state index contributed by atoms with van der Waals surface area (Å²) in [5.74, 6) is 2.31. The smallest absolute Gasteiger partial charge is 0.134 e. The van der Waals surface area contributed by atoms with Crippen LogP contribution in [0.3, 0.4) is 0 Å². The van der Waals surface area contributed by atoms with Gasteiger partial charge < -0.3 is 4.74 Å². The molecule has 1 aromatic carbocycles. The molecule has 118 valence electrons. The van der Waals surface area contributed by atoms with Crippen molar-refractivity contribution in [2.75, 3.05) is 20.2 Å². The third kappa shape index (κ3) is 3.36. The molecule has 0 saturated carbocycles. The van der Waals surface area contributed by atoms with Crippen molar-refractivity contribution in [3.8, 4) is 5.75 Å². The molecule has 1 fully saturated rings. The van der Waals surface area contributed by atoms with Gasteiger partial charge in [0.25, 0.3) is 0 Å². The molecular formula is C18H23ClN2O. The molecule has 1 aliphatic heterocycles. The first kappa shape index (κ1) is 15.6. The summed E-state index contributed by atoms with van der Waals surface area (Å²) in [7, 11) is 1.66. The highest BCUT2D eigenvalue weighted by Gasteiger charge is 2.22. The number of piperidine rings is 1. The Morgan fingerprint density at radius 2 is 1.95 bits per heavy atom. The molecule has 3 nitrogen and oxygen atoms in total. The molecule has 0 amide bonds. The maximum Gasteiger partial charge on any atom is 0.134 e. The molecule has 0 bridgehead atoms. The highest BCUT2D eigenvalue weighted by atomic mass is 35.5. The summed E-state index contributed by atoms with van der Waals surface area (Å²) < 4.78 is 5.25. The van der Waals surface area contributed by atoms with E-state index in [1.165, 1.54) is 6.42 Å². The Bertz CT molecular complexity index is 663. The fourth-order valence-electron chi connectivity index (χ4n) is 3.57. The number of likely N-dealkylation sites (tertiary alicyclic amines) is 1. The lowest BCUT2D eigenvalue weighted by atomic mass is 9.91. The second kappa shape index (κ2) is 6.43. The first-order valence-corrected chi connectivity index (χ1v) is 8.28. The van der Waals surface area contributed by atoms with Crippen molar-refractivity contribution >= 4 is 22.5 Å². The highest BCUT2D eigenvalue weighted by molar-refractivity contribution is 6.30. The summed E-state index contributed by atoms with van der Waals surface area (Å²) in [6, 6.07) is 8.10. The Kier molecular flexibility index (Phi) is 4.55. The van der Waals surface area contributed by atoms with Crippen molar-refractivity contribution < 1.29 is 4.74 Å². The zero-order valence-corrected chi connectivity index (χ0v) is 14.2. The van der Waals surface area contributed by atoms with Gasteiger partial charge in [-0.1, -0.05) is 25.4 Å². The molecule has 0 radical (unpaired) electrons. The summed E-state index contributed by atoms with van der Waals surface area (Å²) in [4.78, 5) is 7.04. The number of nitrogens with zero attached hydrogens (tertiary/aromatic N) is 2. The van der Waals surface area contributed by atoms with E-state index >= 15 is 0 Å². The second-order valence-electron chi connectivity index (χ2n) is 6.64. The average Bonchev–Trinajstić information content (AvgIpc) is 2.46. The molecule has 3 rings (SSSR count). The Morgan fingerprint density at radius 3 is 2.64 bits per heavy atom. The molecule has 22 heavy (non-hydrogen) atoms. The largest absolute Gasteiger partial charge is 0.497 e. The van der Waals surface area contributed by atoms with Gasteiger partial charge in [-0.3, -0.25) is 4.90 Å². The van der Waals surface area contributed by atoms with Gasteiger partial charge in [0.05, 0.1) is 12.6 Å². The fraction of sp³-hybridized carbons (Fsp3) is 0.500. The fourth-order valence-corrected chi connectivity index (χ4v) is 3.77. The lowest BCUT2D eigenvalue weighted by Crippen LogP contribution is -2.38. The molecule has 0 spiro atoms. The molecule has 1 aliphatic rings. The molecule has 0 N–H and O–H groups in total. The van der Waals surface area contributed by atoms with E-state index < -0.39 is 0 Å². The van der Waals surface area contributed by atoms with Crippen molar-refractivity contribution in [2.24, 2.45) is 11.8 Å². The Morgan fingerprint density at radius 1 is 1.23 bits per heavy atom. The van der Waals surface area contributed by atoms with Crippen molar-refractivity contribution in [1.82, 2.24) is 9.88 Å². The zero-order chi connectivity index (χ0) is 15.7. The minimum absolute atomic E-state index is 0.603. The summed E-state index contributed by atoms with van der Waals surface area (Å²) in [6.07, 6.45) is 1.32. The lowest BCUT2D eigenvalue weighted by molar-refractivity contribution is 0.134. The molecule has 4 heteroatoms. The number of hydrogen-bond acceptors (Lipinski definition) is 3. The van der Waals surface area contributed by atoms with Crippen molar-refractivity contribution in [1.29, 1.82) is 0 Å². The number of benzene rings is 1. The summed E-state index contributed by atoms with van der Waals surface area (Å²) in [5, 5.41) is 1.71. The normalized spacial score (nSPS) is 22.9. The third-order valence-corrected chi connectivity index (χ3v) is 4.72. The van der Waals surface area contributed by atoms with Crippen molar-refractivity contribution in [2.45, 2.75) is 26.8 Å². The average molecular weight is 319 g/mol. The number of aromatic nitrogens is 1. The van der Waals surface area contributed by atoms with Crippen LogP contribution in [-0.2, 0) is 6.54 Å². The van der Waals surface area contributed by atoms with Gasteiger partial charge in [-0.2, -0.15) is 0 Å². The highest BCUT2D eigenvalue weighted by Crippen LogP contribution is 2.27. The van der Waals surface area contributed by atoms with E-state index in [1.807, 2.05) is 18.2 Å². The zero-order valence-electron chi connectivity index (χ0n) is 13.5. The maximum absolute atomic E-state index is 6.41. The molecule has 2 unspecified atom stereocenters. The number of methoxy groups -OCH3 is 1. The number of ether oxygens (including phenoxy) is 1. The Labute approximate surface area is 137 Å². The SMILES string of the molecule is COc1ccc2cc(CN3CC(C)CC(C)C3)c(Cl)nc2c1. The number of fused-ring (bicyclic) bond motifs is 1. The first-order valence-electron chi connectivity index (χ1n) is 7.90. The molecule has 1 aromatic heterocycles. The molecule has 2 atom stereocenters. The second-order valence-corrected chi connectivity index (χ2v) is 7.00. The number of hydrogen-bond donors (Lipinski definition) is 0. The third-order valence-electron chi connectivity index (χ3n) is 4.39. The monoisotopic (exact) mass is 318 g/mol. The van der Waals surface area contributed by atoms with Gasteiger partial charge in [0.2, 0.25) is 0 Å². The van der Waals surface area contributed by atoms with Gasteiger partial charge in [-0.05, 0) is 36.5 Å². The maximum atomic E-state index is 6.41. The van der Waals surface area contributed by atoms with E-state index in [0.29, 0.717) is 5.15 Å².